The zero-order valence-electron chi connectivity index (χ0n) is 18.8. The van der Waals surface area contributed by atoms with Crippen LogP contribution in [0.4, 0.5) is 16.3 Å². The predicted molar refractivity (Wildman–Crippen MR) is 122 cm³/mol. The number of carbonyl (C=O) groups is 1. The molecule has 2 aliphatic rings. The maximum atomic E-state index is 11.8. The lowest BCUT2D eigenvalue weighted by molar-refractivity contribution is 0.0984. The van der Waals surface area contributed by atoms with E-state index in [1.165, 1.54) is 5.56 Å². The molecule has 2 aliphatic heterocycles. The molecule has 0 saturated carbocycles. The van der Waals surface area contributed by atoms with Crippen LogP contribution < -0.4 is 15.5 Å². The first-order valence-electron chi connectivity index (χ1n) is 11.1. The Morgan fingerprint density at radius 3 is 2.68 bits per heavy atom. The second-order valence-electron chi connectivity index (χ2n) is 8.47. The van der Waals surface area contributed by atoms with Crippen molar-refractivity contribution >= 4 is 17.5 Å². The van der Waals surface area contributed by atoms with Crippen LogP contribution in [0, 0.1) is 0 Å². The molecule has 166 valence electrons. The van der Waals surface area contributed by atoms with Gasteiger partial charge in [0.1, 0.15) is 5.82 Å². The van der Waals surface area contributed by atoms with Gasteiger partial charge in [-0.25, -0.2) is 14.8 Å². The maximum Gasteiger partial charge on any atom is 0.319 e. The minimum absolute atomic E-state index is 0.207. The Kier molecular flexibility index (Phi) is 6.38. The number of ether oxygens (including phenoxy) is 1. The average molecular weight is 425 g/mol. The van der Waals surface area contributed by atoms with Crippen molar-refractivity contribution in [2.75, 3.05) is 36.5 Å². The smallest absolute Gasteiger partial charge is 0.319 e. The van der Waals surface area contributed by atoms with E-state index in [1.54, 1.807) is 0 Å². The van der Waals surface area contributed by atoms with E-state index in [0.29, 0.717) is 25.8 Å². The van der Waals surface area contributed by atoms with Gasteiger partial charge in [0, 0.05) is 49.0 Å². The van der Waals surface area contributed by atoms with Crippen LogP contribution in [0.3, 0.4) is 0 Å². The second-order valence-corrected chi connectivity index (χ2v) is 8.47. The third kappa shape index (κ3) is 4.65. The van der Waals surface area contributed by atoms with E-state index in [1.807, 2.05) is 31.2 Å². The lowest BCUT2D eigenvalue weighted by atomic mass is 10.1. The summed E-state index contributed by atoms with van der Waals surface area (Å²) in [4.78, 5) is 26.5. The standard InChI is InChI=1S/C23H32N6O2/c1-5-24-23(30)25-18-8-6-17(7-9-18)21-26-20-13-28(15(2)3)12-19(20)22(27-21)29-10-11-31-14-16(29)4/h6-9,15-16H,5,10-14H2,1-4H3,(H2,24,25,30). The largest absolute Gasteiger partial charge is 0.377 e. The van der Waals surface area contributed by atoms with Crippen LogP contribution in [0.2, 0.25) is 0 Å². The Morgan fingerprint density at radius 1 is 1.23 bits per heavy atom. The van der Waals surface area contributed by atoms with E-state index >= 15 is 0 Å². The number of hydrogen-bond donors (Lipinski definition) is 2. The van der Waals surface area contributed by atoms with E-state index in [2.05, 4.69) is 41.2 Å². The number of hydrogen-bond acceptors (Lipinski definition) is 6. The third-order valence-electron chi connectivity index (χ3n) is 5.89. The number of urea groups is 1. The van der Waals surface area contributed by atoms with Crippen LogP contribution in [0.25, 0.3) is 11.4 Å². The zero-order chi connectivity index (χ0) is 22.0. The number of fused-ring (bicyclic) bond motifs is 1. The molecule has 8 nitrogen and oxygen atoms in total. The fourth-order valence-corrected chi connectivity index (χ4v) is 4.07. The van der Waals surface area contributed by atoms with Gasteiger partial charge in [-0.15, -0.1) is 0 Å². The van der Waals surface area contributed by atoms with E-state index in [9.17, 15) is 4.79 Å². The Labute approximate surface area is 184 Å². The molecule has 2 N–H and O–H groups in total. The highest BCUT2D eigenvalue weighted by molar-refractivity contribution is 5.89. The van der Waals surface area contributed by atoms with E-state index in [-0.39, 0.29) is 12.1 Å². The van der Waals surface area contributed by atoms with E-state index < -0.39 is 0 Å². The molecule has 31 heavy (non-hydrogen) atoms. The van der Waals surface area contributed by atoms with Crippen molar-refractivity contribution in [2.24, 2.45) is 0 Å². The van der Waals surface area contributed by atoms with Crippen molar-refractivity contribution in [3.8, 4) is 11.4 Å². The summed E-state index contributed by atoms with van der Waals surface area (Å²) < 4.78 is 5.65. The highest BCUT2D eigenvalue weighted by Crippen LogP contribution is 2.34. The number of benzene rings is 1. The van der Waals surface area contributed by atoms with Crippen molar-refractivity contribution < 1.29 is 9.53 Å². The normalized spacial score (nSPS) is 18.9. The van der Waals surface area contributed by atoms with Gasteiger partial charge in [-0.05, 0) is 52.0 Å². The van der Waals surface area contributed by atoms with Gasteiger partial charge in [0.05, 0.1) is 24.9 Å². The summed E-state index contributed by atoms with van der Waals surface area (Å²) >= 11 is 0. The first-order valence-corrected chi connectivity index (χ1v) is 11.1. The van der Waals surface area contributed by atoms with Crippen LogP contribution in [-0.2, 0) is 17.8 Å². The first-order chi connectivity index (χ1) is 15.0. The molecule has 4 rings (SSSR count). The van der Waals surface area contributed by atoms with Crippen molar-refractivity contribution in [3.05, 3.63) is 35.5 Å². The third-order valence-corrected chi connectivity index (χ3v) is 5.89. The molecule has 1 saturated heterocycles. The van der Waals surface area contributed by atoms with Gasteiger partial charge in [-0.3, -0.25) is 4.90 Å². The zero-order valence-corrected chi connectivity index (χ0v) is 18.8. The molecular formula is C23H32N6O2. The monoisotopic (exact) mass is 424 g/mol. The Balaban J connectivity index is 1.66. The molecule has 2 aromatic rings. The average Bonchev–Trinajstić information content (AvgIpc) is 3.19. The van der Waals surface area contributed by atoms with Crippen molar-refractivity contribution in [1.29, 1.82) is 0 Å². The summed E-state index contributed by atoms with van der Waals surface area (Å²) in [5, 5.41) is 5.57. The molecule has 0 bridgehead atoms. The van der Waals surface area contributed by atoms with Gasteiger partial charge in [0.25, 0.3) is 0 Å². The van der Waals surface area contributed by atoms with Gasteiger partial charge in [0.2, 0.25) is 0 Å². The molecule has 1 aromatic carbocycles. The molecule has 1 atom stereocenters. The number of amides is 2. The lowest BCUT2D eigenvalue weighted by Gasteiger charge is -2.35. The number of nitrogens with one attached hydrogen (secondary N) is 2. The van der Waals surface area contributed by atoms with Crippen LogP contribution in [0.15, 0.2) is 24.3 Å². The molecular weight excluding hydrogens is 392 g/mol. The minimum atomic E-state index is -0.207. The molecule has 0 spiro atoms. The SMILES string of the molecule is CCNC(=O)Nc1ccc(-c2nc3c(c(N4CCOCC4C)n2)CN(C(C)C)C3)cc1. The van der Waals surface area contributed by atoms with Crippen molar-refractivity contribution in [3.63, 3.8) is 0 Å². The van der Waals surface area contributed by atoms with Gasteiger partial charge < -0.3 is 20.3 Å². The summed E-state index contributed by atoms with van der Waals surface area (Å²) in [5.41, 5.74) is 4.02. The number of anilines is 2. The number of rotatable bonds is 5. The molecule has 0 radical (unpaired) electrons. The van der Waals surface area contributed by atoms with E-state index in [4.69, 9.17) is 14.7 Å². The summed E-state index contributed by atoms with van der Waals surface area (Å²) in [6.45, 7) is 13.1. The first kappa shape index (κ1) is 21.5. The van der Waals surface area contributed by atoms with Crippen LogP contribution in [0.5, 0.6) is 0 Å². The molecule has 2 amide bonds. The minimum Gasteiger partial charge on any atom is -0.377 e. The summed E-state index contributed by atoms with van der Waals surface area (Å²) in [6.07, 6.45) is 0. The highest BCUT2D eigenvalue weighted by atomic mass is 16.5. The van der Waals surface area contributed by atoms with Gasteiger partial charge in [0.15, 0.2) is 5.82 Å². The van der Waals surface area contributed by atoms with Crippen molar-refractivity contribution in [1.82, 2.24) is 20.2 Å². The molecule has 3 heterocycles. The predicted octanol–water partition coefficient (Wildman–Crippen LogP) is 3.23. The topological polar surface area (TPSA) is 82.6 Å². The van der Waals surface area contributed by atoms with Crippen LogP contribution >= 0.6 is 0 Å². The summed E-state index contributed by atoms with van der Waals surface area (Å²) in [5.74, 6) is 1.76. The molecule has 1 aromatic heterocycles. The molecule has 1 fully saturated rings. The molecule has 8 heteroatoms. The van der Waals surface area contributed by atoms with Crippen LogP contribution in [0.1, 0.15) is 39.0 Å². The number of nitrogens with zero attached hydrogens (tertiary/aromatic N) is 4. The van der Waals surface area contributed by atoms with Gasteiger partial charge in [-0.1, -0.05) is 0 Å². The number of carbonyl (C=O) groups excluding carboxylic acids is 1. The van der Waals surface area contributed by atoms with Gasteiger partial charge in [-0.2, -0.15) is 0 Å². The van der Waals surface area contributed by atoms with Crippen LogP contribution in [-0.4, -0.2) is 59.3 Å². The van der Waals surface area contributed by atoms with Crippen molar-refractivity contribution in [2.45, 2.75) is 52.9 Å². The van der Waals surface area contributed by atoms with Gasteiger partial charge >= 0.3 is 6.03 Å². The Hall–Kier alpha value is -2.71. The second kappa shape index (κ2) is 9.20. The summed E-state index contributed by atoms with van der Waals surface area (Å²) in [7, 11) is 0. The quantitative estimate of drug-likeness (QED) is 0.767. The number of morpholine rings is 1. The summed E-state index contributed by atoms with van der Waals surface area (Å²) in [6, 6.07) is 8.22. The fourth-order valence-electron chi connectivity index (χ4n) is 4.07. The Morgan fingerprint density at radius 2 is 2.00 bits per heavy atom. The Bertz CT molecular complexity index is 930. The lowest BCUT2D eigenvalue weighted by Crippen LogP contribution is -2.44. The molecule has 0 aliphatic carbocycles. The van der Waals surface area contributed by atoms with E-state index in [0.717, 1.165) is 48.2 Å². The number of aromatic nitrogens is 2. The maximum absolute atomic E-state index is 11.8. The highest BCUT2D eigenvalue weighted by Gasteiger charge is 2.31. The fraction of sp³-hybridized carbons (Fsp3) is 0.522. The molecule has 1 unspecified atom stereocenters.